The summed E-state index contributed by atoms with van der Waals surface area (Å²) >= 11 is 2.37. The topological polar surface area (TPSA) is 21.3 Å². The van der Waals surface area contributed by atoms with Crippen LogP contribution < -0.4 is 5.32 Å². The number of hydrogen-bond acceptors (Lipinski definition) is 2. The molecule has 17 heavy (non-hydrogen) atoms. The van der Waals surface area contributed by atoms with E-state index in [9.17, 15) is 0 Å². The maximum absolute atomic E-state index is 5.46. The smallest absolute Gasteiger partial charge is 0.0642 e. The zero-order chi connectivity index (χ0) is 13.1. The number of halogens is 1. The molecule has 1 aromatic rings. The minimum absolute atomic E-state index is 0.0811. The van der Waals surface area contributed by atoms with E-state index in [0.717, 1.165) is 6.42 Å². The SMILES string of the molecule is COC(C)(C)CC(C)Nc1cccc(I)c1C. The van der Waals surface area contributed by atoms with Gasteiger partial charge in [-0.2, -0.15) is 0 Å². The quantitative estimate of drug-likeness (QED) is 0.806. The third kappa shape index (κ3) is 4.47. The molecule has 0 amide bonds. The van der Waals surface area contributed by atoms with E-state index in [2.05, 4.69) is 73.8 Å². The van der Waals surface area contributed by atoms with E-state index in [1.807, 2.05) is 0 Å². The highest BCUT2D eigenvalue weighted by Crippen LogP contribution is 2.23. The van der Waals surface area contributed by atoms with E-state index in [4.69, 9.17) is 4.74 Å². The summed E-state index contributed by atoms with van der Waals surface area (Å²) in [6.07, 6.45) is 0.981. The average molecular weight is 347 g/mol. The van der Waals surface area contributed by atoms with Crippen LogP contribution in [0.4, 0.5) is 5.69 Å². The summed E-state index contributed by atoms with van der Waals surface area (Å²) in [7, 11) is 1.77. The molecule has 0 aliphatic heterocycles. The maximum atomic E-state index is 5.46. The lowest BCUT2D eigenvalue weighted by molar-refractivity contribution is 0.0128. The van der Waals surface area contributed by atoms with Gasteiger partial charge in [-0.25, -0.2) is 0 Å². The minimum atomic E-state index is -0.0811. The van der Waals surface area contributed by atoms with Crippen molar-refractivity contribution >= 4 is 28.3 Å². The second kappa shape index (κ2) is 6.05. The van der Waals surface area contributed by atoms with Crippen molar-refractivity contribution in [2.24, 2.45) is 0 Å². The second-order valence-electron chi connectivity index (χ2n) is 5.13. The Labute approximate surface area is 118 Å². The van der Waals surface area contributed by atoms with Crippen molar-refractivity contribution in [1.82, 2.24) is 0 Å². The Bertz CT molecular complexity index is 376. The molecule has 1 unspecified atom stereocenters. The summed E-state index contributed by atoms with van der Waals surface area (Å²) in [5.41, 5.74) is 2.45. The van der Waals surface area contributed by atoms with E-state index in [1.54, 1.807) is 7.11 Å². The predicted octanol–water partition coefficient (Wildman–Crippen LogP) is 4.22. The van der Waals surface area contributed by atoms with Gasteiger partial charge in [-0.3, -0.25) is 0 Å². The normalized spacial score (nSPS) is 13.5. The fourth-order valence-corrected chi connectivity index (χ4v) is 2.40. The summed E-state index contributed by atoms with van der Waals surface area (Å²) < 4.78 is 6.76. The van der Waals surface area contributed by atoms with Gasteiger partial charge in [0.25, 0.3) is 0 Å². The monoisotopic (exact) mass is 347 g/mol. The van der Waals surface area contributed by atoms with Crippen LogP contribution in [0, 0.1) is 10.5 Å². The molecular formula is C14H22INO. The summed E-state index contributed by atoms with van der Waals surface area (Å²) in [6.45, 7) is 8.58. The summed E-state index contributed by atoms with van der Waals surface area (Å²) in [5.74, 6) is 0. The number of nitrogens with one attached hydrogen (secondary N) is 1. The first-order valence-corrected chi connectivity index (χ1v) is 7.00. The van der Waals surface area contributed by atoms with Gasteiger partial charge in [0.05, 0.1) is 5.60 Å². The number of anilines is 1. The Hall–Kier alpha value is -0.290. The molecule has 1 N–H and O–H groups in total. The number of methoxy groups -OCH3 is 1. The average Bonchev–Trinajstić information content (AvgIpc) is 2.24. The van der Waals surface area contributed by atoms with Crippen molar-refractivity contribution in [2.45, 2.75) is 45.8 Å². The number of benzene rings is 1. The lowest BCUT2D eigenvalue weighted by Crippen LogP contribution is -2.31. The van der Waals surface area contributed by atoms with Gasteiger partial charge in [0, 0.05) is 22.4 Å². The largest absolute Gasteiger partial charge is 0.382 e. The molecule has 0 bridgehead atoms. The second-order valence-corrected chi connectivity index (χ2v) is 6.29. The highest BCUT2D eigenvalue weighted by molar-refractivity contribution is 14.1. The van der Waals surface area contributed by atoms with Gasteiger partial charge in [-0.05, 0) is 74.4 Å². The van der Waals surface area contributed by atoms with Crippen LogP contribution in [0.3, 0.4) is 0 Å². The van der Waals surface area contributed by atoms with Crippen LogP contribution in [0.5, 0.6) is 0 Å². The Morgan fingerprint density at radius 3 is 2.65 bits per heavy atom. The first-order chi connectivity index (χ1) is 7.85. The summed E-state index contributed by atoms with van der Waals surface area (Å²) in [4.78, 5) is 0. The highest BCUT2D eigenvalue weighted by Gasteiger charge is 2.20. The van der Waals surface area contributed by atoms with Gasteiger partial charge in [0.15, 0.2) is 0 Å². The Kier molecular flexibility index (Phi) is 5.25. The molecule has 1 atom stereocenters. The van der Waals surface area contributed by atoms with Gasteiger partial charge >= 0.3 is 0 Å². The molecule has 0 aromatic heterocycles. The van der Waals surface area contributed by atoms with Crippen molar-refractivity contribution in [1.29, 1.82) is 0 Å². The molecular weight excluding hydrogens is 325 g/mol. The van der Waals surface area contributed by atoms with E-state index in [-0.39, 0.29) is 5.60 Å². The van der Waals surface area contributed by atoms with Crippen LogP contribution in [0.1, 0.15) is 32.8 Å². The van der Waals surface area contributed by atoms with Crippen molar-refractivity contribution in [3.8, 4) is 0 Å². The van der Waals surface area contributed by atoms with Crippen molar-refractivity contribution in [3.63, 3.8) is 0 Å². The zero-order valence-corrected chi connectivity index (χ0v) is 13.5. The minimum Gasteiger partial charge on any atom is -0.382 e. The van der Waals surface area contributed by atoms with E-state index in [1.165, 1.54) is 14.8 Å². The molecule has 1 aromatic carbocycles. The molecule has 0 radical (unpaired) electrons. The molecule has 0 aliphatic carbocycles. The standard InChI is InChI=1S/C14H22INO/c1-10(9-14(3,4)17-5)16-13-8-6-7-12(15)11(13)2/h6-8,10,16H,9H2,1-5H3. The van der Waals surface area contributed by atoms with Crippen molar-refractivity contribution in [2.75, 3.05) is 12.4 Å². The van der Waals surface area contributed by atoms with Gasteiger partial charge in [0.1, 0.15) is 0 Å². The summed E-state index contributed by atoms with van der Waals surface area (Å²) in [5, 5.41) is 3.56. The Morgan fingerprint density at radius 2 is 2.06 bits per heavy atom. The number of rotatable bonds is 5. The lowest BCUT2D eigenvalue weighted by atomic mass is 9.99. The van der Waals surface area contributed by atoms with Crippen LogP contribution in [0.2, 0.25) is 0 Å². The van der Waals surface area contributed by atoms with E-state index >= 15 is 0 Å². The van der Waals surface area contributed by atoms with Crippen LogP contribution >= 0.6 is 22.6 Å². The maximum Gasteiger partial charge on any atom is 0.0642 e. The van der Waals surface area contributed by atoms with Gasteiger partial charge in [-0.15, -0.1) is 0 Å². The fraction of sp³-hybridized carbons (Fsp3) is 0.571. The first kappa shape index (κ1) is 14.8. The summed E-state index contributed by atoms with van der Waals surface area (Å²) in [6, 6.07) is 6.74. The van der Waals surface area contributed by atoms with E-state index < -0.39 is 0 Å². The van der Waals surface area contributed by atoms with Crippen LogP contribution in [0.15, 0.2) is 18.2 Å². The van der Waals surface area contributed by atoms with Gasteiger partial charge in [-0.1, -0.05) is 6.07 Å². The van der Waals surface area contributed by atoms with E-state index in [0.29, 0.717) is 6.04 Å². The fourth-order valence-electron chi connectivity index (χ4n) is 1.90. The van der Waals surface area contributed by atoms with Crippen molar-refractivity contribution < 1.29 is 4.74 Å². The third-order valence-electron chi connectivity index (χ3n) is 3.02. The molecule has 0 aliphatic rings. The highest BCUT2D eigenvalue weighted by atomic mass is 127. The molecule has 96 valence electrons. The van der Waals surface area contributed by atoms with Crippen LogP contribution in [-0.2, 0) is 4.74 Å². The molecule has 0 fully saturated rings. The first-order valence-electron chi connectivity index (χ1n) is 5.92. The molecule has 0 saturated carbocycles. The van der Waals surface area contributed by atoms with Gasteiger partial charge in [0.2, 0.25) is 0 Å². The van der Waals surface area contributed by atoms with Gasteiger partial charge < -0.3 is 10.1 Å². The Morgan fingerprint density at radius 1 is 1.41 bits per heavy atom. The lowest BCUT2D eigenvalue weighted by Gasteiger charge is -2.28. The molecule has 0 spiro atoms. The molecule has 0 saturated heterocycles. The van der Waals surface area contributed by atoms with Crippen LogP contribution in [0.25, 0.3) is 0 Å². The van der Waals surface area contributed by atoms with Crippen molar-refractivity contribution in [3.05, 3.63) is 27.3 Å². The zero-order valence-electron chi connectivity index (χ0n) is 11.3. The molecule has 2 nitrogen and oxygen atoms in total. The number of hydrogen-bond donors (Lipinski definition) is 1. The Balaban J connectivity index is 2.68. The number of ether oxygens (including phenoxy) is 1. The van der Waals surface area contributed by atoms with Crippen LogP contribution in [-0.4, -0.2) is 18.8 Å². The third-order valence-corrected chi connectivity index (χ3v) is 4.19. The molecule has 1 rings (SSSR count). The molecule has 0 heterocycles. The predicted molar refractivity (Wildman–Crippen MR) is 82.7 cm³/mol. The molecule has 3 heteroatoms.